The van der Waals surface area contributed by atoms with E-state index in [1.54, 1.807) is 0 Å². The summed E-state index contributed by atoms with van der Waals surface area (Å²) in [5.74, 6) is 0.729. The molecule has 1 heterocycles. The highest BCUT2D eigenvalue weighted by molar-refractivity contribution is 5.76. The van der Waals surface area contributed by atoms with Crippen LogP contribution < -0.4 is 10.6 Å². The summed E-state index contributed by atoms with van der Waals surface area (Å²) in [7, 11) is 0. The van der Waals surface area contributed by atoms with Crippen LogP contribution in [-0.2, 0) is 11.2 Å². The van der Waals surface area contributed by atoms with Crippen molar-refractivity contribution in [2.24, 2.45) is 5.92 Å². The number of aliphatic hydroxyl groups excluding tert-OH is 1. The molecule has 1 aromatic rings. The van der Waals surface area contributed by atoms with E-state index in [4.69, 9.17) is 0 Å². The Labute approximate surface area is 125 Å². The number of aliphatic hydroxyl groups is 1. The fourth-order valence-corrected chi connectivity index (χ4v) is 3.50. The first kappa shape index (κ1) is 14.5. The maximum Gasteiger partial charge on any atom is 0.220 e. The van der Waals surface area contributed by atoms with Crippen molar-refractivity contribution in [3.8, 4) is 0 Å². The zero-order valence-corrected chi connectivity index (χ0v) is 12.3. The summed E-state index contributed by atoms with van der Waals surface area (Å²) >= 11 is 0. The lowest BCUT2D eigenvalue weighted by Gasteiger charge is -2.23. The van der Waals surface area contributed by atoms with Crippen molar-refractivity contribution in [1.82, 2.24) is 10.6 Å². The van der Waals surface area contributed by atoms with E-state index in [-0.39, 0.29) is 11.9 Å². The molecular weight excluding hydrogens is 264 g/mol. The second-order valence-electron chi connectivity index (χ2n) is 6.25. The highest BCUT2D eigenvalue weighted by atomic mass is 16.3. The Morgan fingerprint density at radius 1 is 1.29 bits per heavy atom. The van der Waals surface area contributed by atoms with E-state index in [1.165, 1.54) is 12.8 Å². The number of benzene rings is 1. The summed E-state index contributed by atoms with van der Waals surface area (Å²) in [6.45, 7) is 2.14. The zero-order valence-electron chi connectivity index (χ0n) is 12.3. The predicted molar refractivity (Wildman–Crippen MR) is 81.9 cm³/mol. The van der Waals surface area contributed by atoms with Gasteiger partial charge in [-0.25, -0.2) is 0 Å². The number of carbonyl (C=O) groups excluding carboxylic acids is 1. The van der Waals surface area contributed by atoms with Crippen molar-refractivity contribution in [2.75, 3.05) is 13.1 Å². The molecule has 3 N–H and O–H groups in total. The minimum atomic E-state index is -0.495. The van der Waals surface area contributed by atoms with E-state index in [0.29, 0.717) is 18.8 Å². The van der Waals surface area contributed by atoms with Gasteiger partial charge in [0.1, 0.15) is 0 Å². The van der Waals surface area contributed by atoms with E-state index < -0.39 is 6.10 Å². The Hall–Kier alpha value is -1.39. The third kappa shape index (κ3) is 3.44. The molecule has 0 aromatic heterocycles. The lowest BCUT2D eigenvalue weighted by atomic mass is 9.93. The summed E-state index contributed by atoms with van der Waals surface area (Å²) < 4.78 is 0. The minimum absolute atomic E-state index is 0.0642. The third-order valence-electron chi connectivity index (χ3n) is 4.76. The first-order valence-corrected chi connectivity index (χ1v) is 8.00. The van der Waals surface area contributed by atoms with Crippen molar-refractivity contribution >= 4 is 5.91 Å². The average molecular weight is 288 g/mol. The molecule has 1 amide bonds. The van der Waals surface area contributed by atoms with Gasteiger partial charge in [-0.15, -0.1) is 0 Å². The molecule has 4 nitrogen and oxygen atoms in total. The van der Waals surface area contributed by atoms with Gasteiger partial charge in [0.05, 0.1) is 12.1 Å². The second kappa shape index (κ2) is 6.58. The van der Waals surface area contributed by atoms with E-state index in [0.717, 1.165) is 30.6 Å². The molecule has 3 rings (SSSR count). The molecule has 1 aromatic carbocycles. The molecular formula is C17H24N2O2. The Balaban J connectivity index is 1.52. The topological polar surface area (TPSA) is 61.4 Å². The molecule has 0 spiro atoms. The number of amides is 1. The number of fused-ring (bicyclic) bond motifs is 1. The van der Waals surface area contributed by atoms with Crippen LogP contribution in [-0.4, -0.2) is 30.2 Å². The van der Waals surface area contributed by atoms with Crippen LogP contribution in [0.25, 0.3) is 0 Å². The zero-order chi connectivity index (χ0) is 14.7. The standard InChI is InChI=1S/C17H24N2O2/c20-15-11-13-3-1-2-4-14(13)17(15)19-16(21)6-5-12-7-9-18-10-8-12/h1-4,12,15,17-18,20H,5-11H2,(H,19,21)/t15-,17+/m1/s1. The van der Waals surface area contributed by atoms with Gasteiger partial charge in [-0.1, -0.05) is 24.3 Å². The van der Waals surface area contributed by atoms with Crippen LogP contribution in [0.3, 0.4) is 0 Å². The average Bonchev–Trinajstić information content (AvgIpc) is 2.82. The molecule has 0 bridgehead atoms. The minimum Gasteiger partial charge on any atom is -0.390 e. The van der Waals surface area contributed by atoms with Crippen molar-refractivity contribution in [1.29, 1.82) is 0 Å². The summed E-state index contributed by atoms with van der Waals surface area (Å²) in [4.78, 5) is 12.2. The quantitative estimate of drug-likeness (QED) is 0.787. The van der Waals surface area contributed by atoms with Gasteiger partial charge in [0, 0.05) is 12.8 Å². The van der Waals surface area contributed by atoms with Gasteiger partial charge in [-0.2, -0.15) is 0 Å². The fourth-order valence-electron chi connectivity index (χ4n) is 3.50. The van der Waals surface area contributed by atoms with Crippen LogP contribution >= 0.6 is 0 Å². The first-order chi connectivity index (χ1) is 10.2. The highest BCUT2D eigenvalue weighted by Gasteiger charge is 2.31. The van der Waals surface area contributed by atoms with Gasteiger partial charge < -0.3 is 15.7 Å². The molecule has 0 saturated carbocycles. The maximum absolute atomic E-state index is 12.2. The normalized spacial score (nSPS) is 25.6. The van der Waals surface area contributed by atoms with Crippen molar-refractivity contribution in [3.05, 3.63) is 35.4 Å². The third-order valence-corrected chi connectivity index (χ3v) is 4.76. The van der Waals surface area contributed by atoms with Crippen LogP contribution in [0.2, 0.25) is 0 Å². The molecule has 1 aliphatic heterocycles. The van der Waals surface area contributed by atoms with Crippen molar-refractivity contribution in [3.63, 3.8) is 0 Å². The van der Waals surface area contributed by atoms with E-state index in [1.807, 2.05) is 24.3 Å². The largest absolute Gasteiger partial charge is 0.390 e. The molecule has 0 unspecified atom stereocenters. The Kier molecular flexibility index (Phi) is 4.56. The van der Waals surface area contributed by atoms with E-state index in [2.05, 4.69) is 10.6 Å². The predicted octanol–water partition coefficient (Wildman–Crippen LogP) is 1.54. The van der Waals surface area contributed by atoms with Gasteiger partial charge in [0.2, 0.25) is 5.91 Å². The fraction of sp³-hybridized carbons (Fsp3) is 0.588. The van der Waals surface area contributed by atoms with Gasteiger partial charge >= 0.3 is 0 Å². The molecule has 2 atom stereocenters. The molecule has 0 radical (unpaired) electrons. The highest BCUT2D eigenvalue weighted by Crippen LogP contribution is 2.31. The van der Waals surface area contributed by atoms with Gasteiger partial charge in [-0.3, -0.25) is 4.79 Å². The van der Waals surface area contributed by atoms with E-state index in [9.17, 15) is 9.90 Å². The van der Waals surface area contributed by atoms with Crippen LogP contribution in [0, 0.1) is 5.92 Å². The number of carbonyl (C=O) groups is 1. The summed E-state index contributed by atoms with van der Waals surface area (Å²) in [6, 6.07) is 7.74. The van der Waals surface area contributed by atoms with Crippen LogP contribution in [0.1, 0.15) is 42.9 Å². The maximum atomic E-state index is 12.2. The molecule has 114 valence electrons. The molecule has 21 heavy (non-hydrogen) atoms. The lowest BCUT2D eigenvalue weighted by Crippen LogP contribution is -2.34. The SMILES string of the molecule is O=C(CCC1CCNCC1)N[C@H]1c2ccccc2C[C@H]1O. The smallest absolute Gasteiger partial charge is 0.220 e. The number of piperidine rings is 1. The summed E-state index contributed by atoms with van der Waals surface area (Å²) in [5, 5.41) is 16.5. The van der Waals surface area contributed by atoms with Gasteiger partial charge in [0.15, 0.2) is 0 Å². The van der Waals surface area contributed by atoms with E-state index >= 15 is 0 Å². The van der Waals surface area contributed by atoms with Crippen LogP contribution in [0.5, 0.6) is 0 Å². The van der Waals surface area contributed by atoms with Crippen LogP contribution in [0.4, 0.5) is 0 Å². The molecule has 4 heteroatoms. The lowest BCUT2D eigenvalue weighted by molar-refractivity contribution is -0.123. The first-order valence-electron chi connectivity index (χ1n) is 8.00. The van der Waals surface area contributed by atoms with Crippen molar-refractivity contribution < 1.29 is 9.90 Å². The molecule has 1 aliphatic carbocycles. The second-order valence-corrected chi connectivity index (χ2v) is 6.25. The summed E-state index contributed by atoms with van der Waals surface area (Å²) in [6.07, 6.45) is 4.00. The van der Waals surface area contributed by atoms with Gasteiger partial charge in [0.25, 0.3) is 0 Å². The monoisotopic (exact) mass is 288 g/mol. The summed E-state index contributed by atoms with van der Waals surface area (Å²) in [5.41, 5.74) is 2.22. The Bertz CT molecular complexity index is 497. The van der Waals surface area contributed by atoms with Crippen molar-refractivity contribution in [2.45, 2.75) is 44.2 Å². The van der Waals surface area contributed by atoms with Gasteiger partial charge in [-0.05, 0) is 49.4 Å². The Morgan fingerprint density at radius 3 is 2.86 bits per heavy atom. The molecule has 2 aliphatic rings. The number of rotatable bonds is 4. The number of nitrogens with one attached hydrogen (secondary N) is 2. The van der Waals surface area contributed by atoms with Crippen LogP contribution in [0.15, 0.2) is 24.3 Å². The number of hydrogen-bond acceptors (Lipinski definition) is 3. The number of hydrogen-bond donors (Lipinski definition) is 3. The molecule has 1 fully saturated rings. The molecule has 1 saturated heterocycles. The Morgan fingerprint density at radius 2 is 2.05 bits per heavy atom.